The Hall–Kier alpha value is -0.970. The summed E-state index contributed by atoms with van der Waals surface area (Å²) in [7, 11) is -3.91. The molecule has 0 aliphatic heterocycles. The van der Waals surface area contributed by atoms with Gasteiger partial charge in [-0.3, -0.25) is 0 Å². The summed E-state index contributed by atoms with van der Waals surface area (Å²) < 4.78 is 78.1. The van der Waals surface area contributed by atoms with E-state index in [4.69, 9.17) is 0 Å². The molecule has 0 amide bonds. The van der Waals surface area contributed by atoms with Crippen LogP contribution in [0.3, 0.4) is 0 Å². The average Bonchev–Trinajstić information content (AvgIpc) is 2.84. The van der Waals surface area contributed by atoms with Crippen LogP contribution in [0.2, 0.25) is 0 Å². The topological polar surface area (TPSA) is 46.2 Å². The molecule has 22 heavy (non-hydrogen) atoms. The monoisotopic (exact) mass is 417 g/mol. The fourth-order valence-corrected chi connectivity index (χ4v) is 4.68. The van der Waals surface area contributed by atoms with Crippen LogP contribution in [0.25, 0.3) is 0 Å². The zero-order valence-electron chi connectivity index (χ0n) is 10.6. The standard InChI is InChI=1S/C12H8BrF4NO2S2/c13-9-4-5-10(21-9)22(19,20)18-6-7-2-1-3-8(11(7)14)12(15,16)17/h1-5,18H,6H2. The van der Waals surface area contributed by atoms with Crippen LogP contribution >= 0.6 is 27.3 Å². The van der Waals surface area contributed by atoms with Crippen molar-refractivity contribution in [1.82, 2.24) is 4.72 Å². The molecule has 0 spiro atoms. The van der Waals surface area contributed by atoms with Crippen LogP contribution in [0.4, 0.5) is 17.6 Å². The van der Waals surface area contributed by atoms with E-state index >= 15 is 0 Å². The van der Waals surface area contributed by atoms with Gasteiger partial charge in [0, 0.05) is 12.1 Å². The van der Waals surface area contributed by atoms with Crippen LogP contribution in [0.15, 0.2) is 38.3 Å². The maximum Gasteiger partial charge on any atom is 0.419 e. The molecule has 0 saturated carbocycles. The van der Waals surface area contributed by atoms with Crippen LogP contribution in [-0.4, -0.2) is 8.42 Å². The van der Waals surface area contributed by atoms with E-state index in [0.29, 0.717) is 9.85 Å². The first-order valence-electron chi connectivity index (χ1n) is 5.71. The molecule has 3 nitrogen and oxygen atoms in total. The second-order valence-electron chi connectivity index (χ2n) is 4.16. The Bertz CT molecular complexity index is 787. The molecule has 2 rings (SSSR count). The number of benzene rings is 1. The number of rotatable bonds is 4. The van der Waals surface area contributed by atoms with Gasteiger partial charge in [0.05, 0.1) is 9.35 Å². The van der Waals surface area contributed by atoms with Crippen LogP contribution in [0.1, 0.15) is 11.1 Å². The van der Waals surface area contributed by atoms with Gasteiger partial charge in [-0.05, 0) is 34.1 Å². The summed E-state index contributed by atoms with van der Waals surface area (Å²) >= 11 is 4.04. The highest BCUT2D eigenvalue weighted by Crippen LogP contribution is 2.32. The molecule has 120 valence electrons. The van der Waals surface area contributed by atoms with Crippen LogP contribution in [0, 0.1) is 5.82 Å². The molecular formula is C12H8BrF4NO2S2. The lowest BCUT2D eigenvalue weighted by Gasteiger charge is -2.11. The lowest BCUT2D eigenvalue weighted by atomic mass is 10.1. The van der Waals surface area contributed by atoms with Crippen molar-refractivity contribution in [3.05, 3.63) is 51.1 Å². The average molecular weight is 418 g/mol. The van der Waals surface area contributed by atoms with Crippen molar-refractivity contribution in [3.8, 4) is 0 Å². The van der Waals surface area contributed by atoms with Crippen molar-refractivity contribution in [2.24, 2.45) is 0 Å². The van der Waals surface area contributed by atoms with Gasteiger partial charge in [0.1, 0.15) is 10.0 Å². The zero-order valence-corrected chi connectivity index (χ0v) is 13.8. The highest BCUT2D eigenvalue weighted by atomic mass is 79.9. The number of halogens is 5. The van der Waals surface area contributed by atoms with E-state index < -0.39 is 34.1 Å². The minimum Gasteiger partial charge on any atom is -0.206 e. The molecule has 2 aromatic rings. The van der Waals surface area contributed by atoms with Crippen LogP contribution in [0.5, 0.6) is 0 Å². The fraction of sp³-hybridized carbons (Fsp3) is 0.167. The molecule has 0 saturated heterocycles. The summed E-state index contributed by atoms with van der Waals surface area (Å²) in [6.07, 6.45) is -4.84. The molecule has 1 aromatic carbocycles. The summed E-state index contributed by atoms with van der Waals surface area (Å²) in [5, 5.41) is 0. The third kappa shape index (κ3) is 3.86. The molecular weight excluding hydrogens is 410 g/mol. The minimum atomic E-state index is -4.84. The summed E-state index contributed by atoms with van der Waals surface area (Å²) in [5.74, 6) is -1.48. The molecule has 10 heteroatoms. The molecule has 1 N–H and O–H groups in total. The first-order chi connectivity index (χ1) is 10.1. The maximum absolute atomic E-state index is 13.8. The van der Waals surface area contributed by atoms with Crippen molar-refractivity contribution in [2.45, 2.75) is 16.9 Å². The van der Waals surface area contributed by atoms with E-state index in [2.05, 4.69) is 20.7 Å². The number of nitrogens with one attached hydrogen (secondary N) is 1. The minimum absolute atomic E-state index is 0.0215. The van der Waals surface area contributed by atoms with Gasteiger partial charge in [0.25, 0.3) is 0 Å². The van der Waals surface area contributed by atoms with Gasteiger partial charge in [-0.1, -0.05) is 12.1 Å². The van der Waals surface area contributed by atoms with Crippen molar-refractivity contribution in [3.63, 3.8) is 0 Å². The summed E-state index contributed by atoms with van der Waals surface area (Å²) in [5.41, 5.74) is -1.81. The number of alkyl halides is 3. The predicted molar refractivity (Wildman–Crippen MR) is 77.4 cm³/mol. The number of sulfonamides is 1. The van der Waals surface area contributed by atoms with Gasteiger partial charge in [-0.25, -0.2) is 17.5 Å². The number of thiophene rings is 1. The molecule has 0 aliphatic rings. The van der Waals surface area contributed by atoms with E-state index in [1.807, 2.05) is 0 Å². The van der Waals surface area contributed by atoms with E-state index in [-0.39, 0.29) is 9.77 Å². The molecule has 1 heterocycles. The smallest absolute Gasteiger partial charge is 0.206 e. The van der Waals surface area contributed by atoms with Crippen molar-refractivity contribution in [1.29, 1.82) is 0 Å². The predicted octanol–water partition coefficient (Wildman–Crippen LogP) is 4.15. The highest BCUT2D eigenvalue weighted by Gasteiger charge is 2.34. The van der Waals surface area contributed by atoms with Gasteiger partial charge in [-0.15, -0.1) is 11.3 Å². The first kappa shape index (κ1) is 17.4. The Morgan fingerprint density at radius 2 is 1.86 bits per heavy atom. The van der Waals surface area contributed by atoms with E-state index in [9.17, 15) is 26.0 Å². The Morgan fingerprint density at radius 3 is 2.41 bits per heavy atom. The summed E-state index contributed by atoms with van der Waals surface area (Å²) in [4.78, 5) is 0. The number of hydrogen-bond donors (Lipinski definition) is 1. The Balaban J connectivity index is 2.22. The number of hydrogen-bond acceptors (Lipinski definition) is 3. The van der Waals surface area contributed by atoms with Crippen molar-refractivity contribution < 1.29 is 26.0 Å². The second-order valence-corrected chi connectivity index (χ2v) is 8.62. The van der Waals surface area contributed by atoms with Crippen LogP contribution in [-0.2, 0) is 22.7 Å². The molecule has 0 unspecified atom stereocenters. The van der Waals surface area contributed by atoms with E-state index in [1.165, 1.54) is 12.1 Å². The normalized spacial score (nSPS) is 12.6. The lowest BCUT2D eigenvalue weighted by molar-refractivity contribution is -0.140. The van der Waals surface area contributed by atoms with Gasteiger partial charge < -0.3 is 0 Å². The maximum atomic E-state index is 13.8. The molecule has 0 aliphatic carbocycles. The molecule has 1 aromatic heterocycles. The Morgan fingerprint density at radius 1 is 1.18 bits per heavy atom. The third-order valence-electron chi connectivity index (χ3n) is 2.65. The summed E-state index contributed by atoms with van der Waals surface area (Å²) in [6, 6.07) is 5.57. The first-order valence-corrected chi connectivity index (χ1v) is 8.80. The third-order valence-corrected chi connectivity index (χ3v) is 6.17. The SMILES string of the molecule is O=S(=O)(NCc1cccc(C(F)(F)F)c1F)c1ccc(Br)s1. The molecule has 0 radical (unpaired) electrons. The van der Waals surface area contributed by atoms with Crippen molar-refractivity contribution >= 4 is 37.3 Å². The summed E-state index contributed by atoms with van der Waals surface area (Å²) in [6.45, 7) is -0.576. The van der Waals surface area contributed by atoms with E-state index in [0.717, 1.165) is 23.5 Å². The van der Waals surface area contributed by atoms with Gasteiger partial charge in [-0.2, -0.15) is 13.2 Å². The van der Waals surface area contributed by atoms with Gasteiger partial charge in [0.15, 0.2) is 0 Å². The Labute approximate surface area is 136 Å². The molecule has 0 fully saturated rings. The van der Waals surface area contributed by atoms with E-state index in [1.54, 1.807) is 0 Å². The van der Waals surface area contributed by atoms with Gasteiger partial charge >= 0.3 is 6.18 Å². The molecule has 0 atom stereocenters. The highest BCUT2D eigenvalue weighted by molar-refractivity contribution is 9.11. The zero-order chi connectivity index (χ0) is 16.5. The quantitative estimate of drug-likeness (QED) is 0.759. The largest absolute Gasteiger partial charge is 0.419 e. The Kier molecular flexibility index (Phi) is 4.95. The molecule has 0 bridgehead atoms. The van der Waals surface area contributed by atoms with Crippen molar-refractivity contribution in [2.75, 3.05) is 0 Å². The van der Waals surface area contributed by atoms with Crippen LogP contribution < -0.4 is 4.72 Å². The lowest BCUT2D eigenvalue weighted by Crippen LogP contribution is -2.23. The van der Waals surface area contributed by atoms with Gasteiger partial charge in [0.2, 0.25) is 10.0 Å². The second kappa shape index (κ2) is 6.26. The fourth-order valence-electron chi connectivity index (χ4n) is 1.62.